The van der Waals surface area contributed by atoms with E-state index in [1.54, 1.807) is 0 Å². The first-order valence-electron chi connectivity index (χ1n) is 7.93. The van der Waals surface area contributed by atoms with E-state index < -0.39 is 11.7 Å². The van der Waals surface area contributed by atoms with Gasteiger partial charge in [0.15, 0.2) is 0 Å². The maximum absolute atomic E-state index is 12.0. The molecular formula is C17H29NO4. The number of esters is 1. The van der Waals surface area contributed by atoms with Gasteiger partial charge in [-0.25, -0.2) is 4.79 Å². The third kappa shape index (κ3) is 6.08. The fraction of sp³-hybridized carbons (Fsp3) is 0.765. The second-order valence-electron chi connectivity index (χ2n) is 7.23. The highest BCUT2D eigenvalue weighted by atomic mass is 16.6. The number of allylic oxidation sites excluding steroid dienone is 1. The van der Waals surface area contributed by atoms with Crippen LogP contribution in [0.25, 0.3) is 0 Å². The molecule has 4 atom stereocenters. The molecule has 5 nitrogen and oxygen atoms in total. The van der Waals surface area contributed by atoms with Gasteiger partial charge >= 0.3 is 12.1 Å². The van der Waals surface area contributed by atoms with Crippen LogP contribution in [0.5, 0.6) is 0 Å². The molecule has 1 saturated heterocycles. The highest BCUT2D eigenvalue weighted by Crippen LogP contribution is 2.26. The number of carbonyl (C=O) groups excluding carboxylic acids is 2. The highest BCUT2D eigenvalue weighted by Gasteiger charge is 2.38. The topological polar surface area (TPSA) is 64.6 Å². The third-order valence-corrected chi connectivity index (χ3v) is 3.63. The van der Waals surface area contributed by atoms with E-state index in [0.717, 1.165) is 12.8 Å². The van der Waals surface area contributed by atoms with Crippen LogP contribution in [0, 0.1) is 11.8 Å². The first kappa shape index (κ1) is 18.5. The molecule has 5 heteroatoms. The summed E-state index contributed by atoms with van der Waals surface area (Å²) in [6, 6.07) is -0.237. The van der Waals surface area contributed by atoms with Crippen LogP contribution >= 0.6 is 0 Å². The van der Waals surface area contributed by atoms with Gasteiger partial charge in [0.2, 0.25) is 0 Å². The van der Waals surface area contributed by atoms with E-state index in [9.17, 15) is 9.59 Å². The second kappa shape index (κ2) is 7.65. The molecule has 0 aromatic carbocycles. The van der Waals surface area contributed by atoms with Crippen molar-refractivity contribution in [1.29, 1.82) is 0 Å². The van der Waals surface area contributed by atoms with Crippen molar-refractivity contribution in [2.24, 2.45) is 11.8 Å². The van der Waals surface area contributed by atoms with Crippen LogP contribution in [0.3, 0.4) is 0 Å². The molecule has 0 bridgehead atoms. The van der Waals surface area contributed by atoms with Crippen molar-refractivity contribution in [3.8, 4) is 0 Å². The Morgan fingerprint density at radius 3 is 2.64 bits per heavy atom. The minimum atomic E-state index is -0.555. The number of hydrogen-bond acceptors (Lipinski definition) is 4. The molecule has 0 aromatic rings. The Labute approximate surface area is 133 Å². The number of hydrogen-bond donors (Lipinski definition) is 1. The van der Waals surface area contributed by atoms with E-state index in [2.05, 4.69) is 18.8 Å². The molecule has 22 heavy (non-hydrogen) atoms. The molecule has 1 rings (SSSR count). The summed E-state index contributed by atoms with van der Waals surface area (Å²) in [4.78, 5) is 23.7. The molecule has 0 aliphatic carbocycles. The van der Waals surface area contributed by atoms with Crippen molar-refractivity contribution in [1.82, 2.24) is 5.32 Å². The van der Waals surface area contributed by atoms with Gasteiger partial charge in [0.05, 0.1) is 12.0 Å². The van der Waals surface area contributed by atoms with Crippen LogP contribution in [0.2, 0.25) is 0 Å². The van der Waals surface area contributed by atoms with Crippen LogP contribution in [0.15, 0.2) is 12.7 Å². The molecule has 0 aromatic heterocycles. The molecule has 1 N–H and O–H groups in total. The summed E-state index contributed by atoms with van der Waals surface area (Å²) < 4.78 is 10.7. The van der Waals surface area contributed by atoms with Crippen LogP contribution < -0.4 is 5.32 Å². The summed E-state index contributed by atoms with van der Waals surface area (Å²) in [5.74, 6) is 0.0204. The normalized spacial score (nSPS) is 24.3. The van der Waals surface area contributed by atoms with Crippen molar-refractivity contribution in [2.75, 3.05) is 0 Å². The molecule has 1 aliphatic heterocycles. The van der Waals surface area contributed by atoms with Gasteiger partial charge in [-0.1, -0.05) is 19.9 Å². The largest absolute Gasteiger partial charge is 0.460 e. The summed E-state index contributed by atoms with van der Waals surface area (Å²) in [6.07, 6.45) is 3.29. The molecule has 1 aliphatic rings. The molecule has 3 unspecified atom stereocenters. The number of cyclic esters (lactones) is 1. The van der Waals surface area contributed by atoms with Crippen LogP contribution in [0.1, 0.15) is 53.9 Å². The molecule has 0 saturated carbocycles. The van der Waals surface area contributed by atoms with Crippen LogP contribution in [-0.4, -0.2) is 29.8 Å². The molecule has 0 radical (unpaired) electrons. The predicted molar refractivity (Wildman–Crippen MR) is 85.4 cm³/mol. The van der Waals surface area contributed by atoms with Gasteiger partial charge in [-0.3, -0.25) is 4.79 Å². The number of amides is 1. The third-order valence-electron chi connectivity index (χ3n) is 3.63. The van der Waals surface area contributed by atoms with Crippen LogP contribution in [-0.2, 0) is 14.3 Å². The maximum atomic E-state index is 12.0. The average molecular weight is 311 g/mol. The van der Waals surface area contributed by atoms with Gasteiger partial charge in [0.25, 0.3) is 0 Å². The first-order valence-corrected chi connectivity index (χ1v) is 7.93. The zero-order valence-corrected chi connectivity index (χ0v) is 14.3. The number of carbonyl (C=O) groups is 2. The Kier molecular flexibility index (Phi) is 6.45. The SMILES string of the molecule is C=CC[C@H](C)CC(NC(=O)OC(C)(C)C)C1CC(C)C(=O)O1. The van der Waals surface area contributed by atoms with Gasteiger partial charge in [-0.15, -0.1) is 6.58 Å². The van der Waals surface area contributed by atoms with E-state index in [4.69, 9.17) is 9.47 Å². The van der Waals surface area contributed by atoms with Crippen LogP contribution in [0.4, 0.5) is 4.79 Å². The molecule has 1 fully saturated rings. The molecule has 1 heterocycles. The first-order chi connectivity index (χ1) is 10.1. The summed E-state index contributed by atoms with van der Waals surface area (Å²) in [6.45, 7) is 13.1. The second-order valence-corrected chi connectivity index (χ2v) is 7.23. The molecular weight excluding hydrogens is 282 g/mol. The Hall–Kier alpha value is -1.52. The Balaban J connectivity index is 2.71. The Bertz CT molecular complexity index is 413. The van der Waals surface area contributed by atoms with Crippen molar-refractivity contribution in [2.45, 2.75) is 71.6 Å². The fourth-order valence-electron chi connectivity index (χ4n) is 2.58. The summed E-state index contributed by atoms with van der Waals surface area (Å²) in [7, 11) is 0. The van der Waals surface area contributed by atoms with E-state index in [1.807, 2.05) is 33.8 Å². The lowest BCUT2D eigenvalue weighted by Gasteiger charge is -2.28. The lowest BCUT2D eigenvalue weighted by Crippen LogP contribution is -2.46. The van der Waals surface area contributed by atoms with Gasteiger partial charge in [0, 0.05) is 0 Å². The zero-order chi connectivity index (χ0) is 16.9. The number of ether oxygens (including phenoxy) is 2. The van der Waals surface area contributed by atoms with Crippen molar-refractivity contribution < 1.29 is 19.1 Å². The van der Waals surface area contributed by atoms with E-state index in [1.165, 1.54) is 0 Å². The minimum absolute atomic E-state index is 0.123. The van der Waals surface area contributed by atoms with E-state index >= 15 is 0 Å². The standard InChI is InChI=1S/C17H29NO4/c1-7-8-11(2)9-13(14-10-12(3)15(19)21-14)18-16(20)22-17(4,5)6/h7,11-14H,1,8-10H2,2-6H3,(H,18,20)/t11-,12?,13?,14?/m0/s1. The lowest BCUT2D eigenvalue weighted by atomic mass is 9.92. The highest BCUT2D eigenvalue weighted by molar-refractivity contribution is 5.74. The monoisotopic (exact) mass is 311 g/mol. The summed E-state index contributed by atoms with van der Waals surface area (Å²) >= 11 is 0. The van der Waals surface area contributed by atoms with Gasteiger partial charge in [0.1, 0.15) is 11.7 Å². The summed E-state index contributed by atoms with van der Waals surface area (Å²) in [5.41, 5.74) is -0.555. The van der Waals surface area contributed by atoms with Gasteiger partial charge in [-0.2, -0.15) is 0 Å². The molecule has 1 amide bonds. The summed E-state index contributed by atoms with van der Waals surface area (Å²) in [5, 5.41) is 2.87. The van der Waals surface area contributed by atoms with E-state index in [-0.39, 0.29) is 24.0 Å². The number of nitrogens with one attached hydrogen (secondary N) is 1. The Morgan fingerprint density at radius 1 is 1.55 bits per heavy atom. The molecule has 0 spiro atoms. The quantitative estimate of drug-likeness (QED) is 0.603. The van der Waals surface area contributed by atoms with Crippen molar-refractivity contribution >= 4 is 12.1 Å². The van der Waals surface area contributed by atoms with Gasteiger partial charge in [-0.05, 0) is 46.0 Å². The van der Waals surface area contributed by atoms with Crippen molar-refractivity contribution in [3.63, 3.8) is 0 Å². The minimum Gasteiger partial charge on any atom is -0.460 e. The number of alkyl carbamates (subject to hydrolysis) is 1. The average Bonchev–Trinajstić information content (AvgIpc) is 2.66. The smallest absolute Gasteiger partial charge is 0.408 e. The number of rotatable bonds is 6. The van der Waals surface area contributed by atoms with E-state index in [0.29, 0.717) is 12.3 Å². The van der Waals surface area contributed by atoms with Gasteiger partial charge < -0.3 is 14.8 Å². The lowest BCUT2D eigenvalue weighted by molar-refractivity contribution is -0.145. The predicted octanol–water partition coefficient (Wildman–Crippen LogP) is 3.43. The van der Waals surface area contributed by atoms with Crippen molar-refractivity contribution in [3.05, 3.63) is 12.7 Å². The molecule has 126 valence electrons. The maximum Gasteiger partial charge on any atom is 0.408 e. The Morgan fingerprint density at radius 2 is 2.18 bits per heavy atom. The fourth-order valence-corrected chi connectivity index (χ4v) is 2.58. The zero-order valence-electron chi connectivity index (χ0n) is 14.3.